The number of aryl methyl sites for hydroxylation is 2. The molecule has 0 atom stereocenters. The Morgan fingerprint density at radius 3 is 2.94 bits per heavy atom. The lowest BCUT2D eigenvalue weighted by molar-refractivity contribution is 0.0957. The van der Waals surface area contributed by atoms with Crippen LogP contribution in [-0.4, -0.2) is 27.0 Å². The van der Waals surface area contributed by atoms with Crippen LogP contribution in [0.25, 0.3) is 5.65 Å². The van der Waals surface area contributed by atoms with Crippen molar-refractivity contribution in [3.8, 4) is 0 Å². The molecule has 0 fully saturated rings. The summed E-state index contributed by atoms with van der Waals surface area (Å²) >= 11 is 0. The van der Waals surface area contributed by atoms with Crippen LogP contribution in [0.5, 0.6) is 0 Å². The van der Waals surface area contributed by atoms with E-state index in [1.54, 1.807) is 10.7 Å². The van der Waals surface area contributed by atoms with Crippen molar-refractivity contribution in [3.63, 3.8) is 0 Å². The predicted molar refractivity (Wildman–Crippen MR) is 60.5 cm³/mol. The van der Waals surface area contributed by atoms with Gasteiger partial charge in [0.25, 0.3) is 5.91 Å². The second kappa shape index (κ2) is 3.92. The number of fused-ring (bicyclic) bond motifs is 1. The molecule has 2 aromatic rings. The summed E-state index contributed by atoms with van der Waals surface area (Å²) in [5.41, 5.74) is 2.99. The molecule has 1 amide bonds. The molecule has 1 N–H and O–H groups in total. The minimum absolute atomic E-state index is 0.130. The highest BCUT2D eigenvalue weighted by molar-refractivity contribution is 5.99. The second-order valence-corrected chi connectivity index (χ2v) is 3.69. The first-order valence-electron chi connectivity index (χ1n) is 5.23. The lowest BCUT2D eigenvalue weighted by atomic mass is 10.3. The normalized spacial score (nSPS) is 10.7. The molecule has 0 aliphatic rings. The number of amides is 1. The van der Waals surface area contributed by atoms with E-state index in [1.165, 1.54) is 0 Å². The summed E-state index contributed by atoms with van der Waals surface area (Å²) in [6.45, 7) is 6.33. The van der Waals surface area contributed by atoms with Crippen molar-refractivity contribution >= 4 is 11.6 Å². The highest BCUT2D eigenvalue weighted by atomic mass is 16.1. The van der Waals surface area contributed by atoms with Crippen molar-refractivity contribution in [1.29, 1.82) is 0 Å². The molecule has 84 valence electrons. The highest BCUT2D eigenvalue weighted by Gasteiger charge is 2.14. The molecule has 0 spiro atoms. The van der Waals surface area contributed by atoms with E-state index in [1.807, 2.05) is 26.8 Å². The maximum Gasteiger partial charge on any atom is 0.256 e. The Kier molecular flexibility index (Phi) is 2.60. The molecule has 0 bridgehead atoms. The van der Waals surface area contributed by atoms with Crippen LogP contribution in [0.1, 0.15) is 28.7 Å². The number of nitrogens with one attached hydrogen (secondary N) is 1. The molecule has 5 heteroatoms. The third kappa shape index (κ3) is 1.64. The van der Waals surface area contributed by atoms with E-state index in [0.717, 1.165) is 11.4 Å². The lowest BCUT2D eigenvalue weighted by Gasteiger charge is -2.02. The maximum atomic E-state index is 11.7. The van der Waals surface area contributed by atoms with Gasteiger partial charge in [-0.1, -0.05) is 0 Å². The van der Waals surface area contributed by atoms with Gasteiger partial charge in [0.1, 0.15) is 5.56 Å². The molecular formula is C11H14N4O. The summed E-state index contributed by atoms with van der Waals surface area (Å²) in [5, 5.41) is 6.90. The zero-order chi connectivity index (χ0) is 11.7. The topological polar surface area (TPSA) is 59.3 Å². The van der Waals surface area contributed by atoms with Crippen LogP contribution in [0, 0.1) is 13.8 Å². The fourth-order valence-electron chi connectivity index (χ4n) is 1.69. The fraction of sp³-hybridized carbons (Fsp3) is 0.364. The number of carbonyl (C=O) groups excluding carboxylic acids is 1. The Morgan fingerprint density at radius 2 is 2.25 bits per heavy atom. The number of aromatic nitrogens is 3. The third-order valence-electron chi connectivity index (χ3n) is 2.36. The fourth-order valence-corrected chi connectivity index (χ4v) is 1.69. The number of hydrogen-bond acceptors (Lipinski definition) is 3. The monoisotopic (exact) mass is 218 g/mol. The minimum Gasteiger partial charge on any atom is -0.352 e. The first-order valence-corrected chi connectivity index (χ1v) is 5.23. The van der Waals surface area contributed by atoms with Crippen molar-refractivity contribution in [2.75, 3.05) is 6.54 Å². The summed E-state index contributed by atoms with van der Waals surface area (Å²) in [6.07, 6.45) is 1.56. The molecule has 2 rings (SSSR count). The molecule has 0 aliphatic heterocycles. The molecule has 0 saturated heterocycles. The van der Waals surface area contributed by atoms with Crippen molar-refractivity contribution in [2.45, 2.75) is 20.8 Å². The summed E-state index contributed by atoms with van der Waals surface area (Å²) in [6, 6.07) is 1.93. The molecule has 2 aromatic heterocycles. The maximum absolute atomic E-state index is 11.7. The Hall–Kier alpha value is -1.91. The van der Waals surface area contributed by atoms with Crippen LogP contribution in [-0.2, 0) is 0 Å². The largest absolute Gasteiger partial charge is 0.352 e. The van der Waals surface area contributed by atoms with Crippen LogP contribution in [0.4, 0.5) is 0 Å². The summed E-state index contributed by atoms with van der Waals surface area (Å²) < 4.78 is 1.68. The molecular weight excluding hydrogens is 204 g/mol. The van der Waals surface area contributed by atoms with E-state index < -0.39 is 0 Å². The SMILES string of the molecule is CCNC(=O)c1cnn2c(C)cc(C)nc12. The number of carbonyl (C=O) groups is 1. The molecule has 16 heavy (non-hydrogen) atoms. The summed E-state index contributed by atoms with van der Waals surface area (Å²) in [7, 11) is 0. The van der Waals surface area contributed by atoms with E-state index in [4.69, 9.17) is 0 Å². The Morgan fingerprint density at radius 1 is 1.50 bits per heavy atom. The average molecular weight is 218 g/mol. The van der Waals surface area contributed by atoms with Gasteiger partial charge in [0, 0.05) is 17.9 Å². The highest BCUT2D eigenvalue weighted by Crippen LogP contribution is 2.11. The van der Waals surface area contributed by atoms with E-state index in [2.05, 4.69) is 15.4 Å². The van der Waals surface area contributed by atoms with Crippen molar-refractivity contribution in [3.05, 3.63) is 29.2 Å². The van der Waals surface area contributed by atoms with Gasteiger partial charge >= 0.3 is 0 Å². The summed E-state index contributed by atoms with van der Waals surface area (Å²) in [4.78, 5) is 16.1. The quantitative estimate of drug-likeness (QED) is 0.821. The van der Waals surface area contributed by atoms with Gasteiger partial charge in [-0.25, -0.2) is 9.50 Å². The van der Waals surface area contributed by atoms with E-state index in [0.29, 0.717) is 17.8 Å². The van der Waals surface area contributed by atoms with Gasteiger partial charge in [-0.3, -0.25) is 4.79 Å². The third-order valence-corrected chi connectivity index (χ3v) is 2.36. The molecule has 0 aromatic carbocycles. The van der Waals surface area contributed by atoms with Crippen LogP contribution in [0.2, 0.25) is 0 Å². The molecule has 0 saturated carbocycles. The van der Waals surface area contributed by atoms with Gasteiger partial charge in [0.2, 0.25) is 0 Å². The number of nitrogens with zero attached hydrogens (tertiary/aromatic N) is 3. The van der Waals surface area contributed by atoms with E-state index in [-0.39, 0.29) is 5.91 Å². The standard InChI is InChI=1S/C11H14N4O/c1-4-12-11(16)9-6-13-15-8(3)5-7(2)14-10(9)15/h5-6H,4H2,1-3H3,(H,12,16). The molecule has 0 radical (unpaired) electrons. The average Bonchev–Trinajstić information content (AvgIpc) is 2.61. The van der Waals surface area contributed by atoms with Crippen molar-refractivity contribution in [2.24, 2.45) is 0 Å². The molecule has 5 nitrogen and oxygen atoms in total. The van der Waals surface area contributed by atoms with Crippen molar-refractivity contribution in [1.82, 2.24) is 19.9 Å². The van der Waals surface area contributed by atoms with Gasteiger partial charge in [-0.05, 0) is 26.8 Å². The minimum atomic E-state index is -0.130. The van der Waals surface area contributed by atoms with Gasteiger partial charge in [-0.15, -0.1) is 0 Å². The second-order valence-electron chi connectivity index (χ2n) is 3.69. The zero-order valence-electron chi connectivity index (χ0n) is 9.61. The lowest BCUT2D eigenvalue weighted by Crippen LogP contribution is -2.22. The van der Waals surface area contributed by atoms with E-state index in [9.17, 15) is 4.79 Å². The molecule has 2 heterocycles. The van der Waals surface area contributed by atoms with Gasteiger partial charge in [0.05, 0.1) is 6.20 Å². The predicted octanol–water partition coefficient (Wildman–Crippen LogP) is 1.10. The van der Waals surface area contributed by atoms with Crippen LogP contribution < -0.4 is 5.32 Å². The van der Waals surface area contributed by atoms with Crippen LogP contribution in [0.3, 0.4) is 0 Å². The number of rotatable bonds is 2. The Labute approximate surface area is 93.5 Å². The van der Waals surface area contributed by atoms with E-state index >= 15 is 0 Å². The first-order chi connectivity index (χ1) is 7.63. The Balaban J connectivity index is 2.60. The molecule has 0 aliphatic carbocycles. The van der Waals surface area contributed by atoms with Crippen molar-refractivity contribution < 1.29 is 4.79 Å². The molecule has 0 unspecified atom stereocenters. The van der Waals surface area contributed by atoms with Crippen LogP contribution in [0.15, 0.2) is 12.3 Å². The zero-order valence-corrected chi connectivity index (χ0v) is 9.61. The number of hydrogen-bond donors (Lipinski definition) is 1. The van der Waals surface area contributed by atoms with Gasteiger partial charge in [0.15, 0.2) is 5.65 Å². The Bertz CT molecular complexity index is 544. The van der Waals surface area contributed by atoms with Gasteiger partial charge in [-0.2, -0.15) is 5.10 Å². The van der Waals surface area contributed by atoms with Crippen LogP contribution >= 0.6 is 0 Å². The summed E-state index contributed by atoms with van der Waals surface area (Å²) in [5.74, 6) is -0.130. The van der Waals surface area contributed by atoms with Gasteiger partial charge < -0.3 is 5.32 Å². The first kappa shape index (κ1) is 10.6. The smallest absolute Gasteiger partial charge is 0.256 e.